The third-order valence-corrected chi connectivity index (χ3v) is 5.04. The summed E-state index contributed by atoms with van der Waals surface area (Å²) in [7, 11) is 0. The first-order valence-electron chi connectivity index (χ1n) is 8.72. The van der Waals surface area contributed by atoms with Gasteiger partial charge in [0.05, 0.1) is 6.61 Å². The Kier molecular flexibility index (Phi) is 6.31. The third kappa shape index (κ3) is 5.71. The van der Waals surface area contributed by atoms with Crippen LogP contribution in [0.1, 0.15) is 65.2 Å². The van der Waals surface area contributed by atoms with E-state index in [-0.39, 0.29) is 12.1 Å². The van der Waals surface area contributed by atoms with Crippen LogP contribution in [-0.4, -0.2) is 47.8 Å². The molecule has 0 aromatic rings. The molecule has 2 rings (SSSR count). The highest BCUT2D eigenvalue weighted by Crippen LogP contribution is 2.25. The Morgan fingerprint density at radius 3 is 2.65 bits per heavy atom. The highest BCUT2D eigenvalue weighted by Gasteiger charge is 2.31. The number of hydrogen-bond acceptors (Lipinski definition) is 3. The van der Waals surface area contributed by atoms with Crippen LogP contribution >= 0.6 is 0 Å². The van der Waals surface area contributed by atoms with Crippen molar-refractivity contribution in [2.45, 2.75) is 76.8 Å². The highest BCUT2D eigenvalue weighted by molar-refractivity contribution is 4.92. The van der Waals surface area contributed by atoms with Crippen LogP contribution in [0.15, 0.2) is 0 Å². The predicted molar refractivity (Wildman–Crippen MR) is 85.0 cm³/mol. The molecule has 2 atom stereocenters. The monoisotopic (exact) mass is 282 g/mol. The molecule has 2 N–H and O–H groups in total. The summed E-state index contributed by atoms with van der Waals surface area (Å²) in [4.78, 5) is 2.65. The molecule has 1 saturated carbocycles. The molecule has 0 aromatic heterocycles. The normalized spacial score (nSPS) is 28.1. The van der Waals surface area contributed by atoms with Gasteiger partial charge in [-0.3, -0.25) is 0 Å². The van der Waals surface area contributed by atoms with E-state index in [1.165, 1.54) is 64.6 Å². The molecule has 118 valence electrons. The van der Waals surface area contributed by atoms with Crippen LogP contribution in [-0.2, 0) is 0 Å². The third-order valence-electron chi connectivity index (χ3n) is 5.04. The Morgan fingerprint density at radius 1 is 1.15 bits per heavy atom. The quantitative estimate of drug-likeness (QED) is 0.672. The second-order valence-electron chi connectivity index (χ2n) is 7.47. The maximum absolute atomic E-state index is 9.60. The lowest BCUT2D eigenvalue weighted by molar-refractivity contribution is 0.158. The Bertz CT molecular complexity index is 280. The minimum absolute atomic E-state index is 0.0472. The van der Waals surface area contributed by atoms with Crippen molar-refractivity contribution in [3.05, 3.63) is 0 Å². The summed E-state index contributed by atoms with van der Waals surface area (Å²) in [5.74, 6) is 0.917. The minimum Gasteiger partial charge on any atom is -0.394 e. The van der Waals surface area contributed by atoms with Gasteiger partial charge < -0.3 is 15.3 Å². The molecule has 20 heavy (non-hydrogen) atoms. The summed E-state index contributed by atoms with van der Waals surface area (Å²) in [6, 6.07) is 0.680. The number of unbranched alkanes of at least 4 members (excludes halogenated alkanes) is 1. The molecule has 3 heteroatoms. The van der Waals surface area contributed by atoms with Gasteiger partial charge in [0, 0.05) is 11.6 Å². The van der Waals surface area contributed by atoms with Crippen molar-refractivity contribution >= 4 is 0 Å². The number of aliphatic hydroxyl groups excluding tert-OH is 1. The average Bonchev–Trinajstić information content (AvgIpc) is 3.24. The molecule has 0 radical (unpaired) electrons. The topological polar surface area (TPSA) is 35.5 Å². The smallest absolute Gasteiger partial charge is 0.0610 e. The Hall–Kier alpha value is -0.120. The summed E-state index contributed by atoms with van der Waals surface area (Å²) < 4.78 is 0. The molecular formula is C17H34N2O. The van der Waals surface area contributed by atoms with E-state index < -0.39 is 0 Å². The van der Waals surface area contributed by atoms with Gasteiger partial charge in [0.25, 0.3) is 0 Å². The van der Waals surface area contributed by atoms with Crippen LogP contribution in [0.5, 0.6) is 0 Å². The molecule has 1 aliphatic carbocycles. The van der Waals surface area contributed by atoms with E-state index in [1.807, 2.05) is 0 Å². The molecular weight excluding hydrogens is 248 g/mol. The largest absolute Gasteiger partial charge is 0.394 e. The first kappa shape index (κ1) is 16.3. The van der Waals surface area contributed by atoms with Crippen molar-refractivity contribution in [2.75, 3.05) is 26.2 Å². The van der Waals surface area contributed by atoms with Crippen LogP contribution in [0.2, 0.25) is 0 Å². The average molecular weight is 282 g/mol. The van der Waals surface area contributed by atoms with E-state index in [2.05, 4.69) is 24.1 Å². The van der Waals surface area contributed by atoms with E-state index in [1.54, 1.807) is 0 Å². The zero-order chi connectivity index (χ0) is 14.4. The second kappa shape index (κ2) is 7.77. The molecule has 3 nitrogen and oxygen atoms in total. The molecule has 1 aliphatic heterocycles. The highest BCUT2D eigenvalue weighted by atomic mass is 16.3. The Morgan fingerprint density at radius 2 is 1.95 bits per heavy atom. The summed E-state index contributed by atoms with van der Waals surface area (Å²) in [6.07, 6.45) is 10.3. The van der Waals surface area contributed by atoms with Crippen molar-refractivity contribution in [2.24, 2.45) is 5.92 Å². The van der Waals surface area contributed by atoms with Gasteiger partial charge in [-0.05, 0) is 77.4 Å². The van der Waals surface area contributed by atoms with Crippen molar-refractivity contribution in [1.29, 1.82) is 0 Å². The molecule has 1 heterocycles. The van der Waals surface area contributed by atoms with E-state index in [9.17, 15) is 5.11 Å². The first-order valence-corrected chi connectivity index (χ1v) is 8.72. The molecule has 2 aliphatic rings. The van der Waals surface area contributed by atoms with Crippen LogP contribution < -0.4 is 5.32 Å². The van der Waals surface area contributed by atoms with Gasteiger partial charge in [0.2, 0.25) is 0 Å². The molecule has 0 amide bonds. The number of nitrogens with one attached hydrogen (secondary N) is 1. The summed E-state index contributed by atoms with van der Waals surface area (Å²) in [5.41, 5.74) is -0.0472. The maximum atomic E-state index is 9.60. The van der Waals surface area contributed by atoms with Crippen molar-refractivity contribution in [1.82, 2.24) is 10.2 Å². The number of nitrogens with zero attached hydrogens (tertiary/aromatic N) is 1. The molecule has 2 fully saturated rings. The van der Waals surface area contributed by atoms with E-state index in [0.29, 0.717) is 6.04 Å². The first-order chi connectivity index (χ1) is 9.61. The van der Waals surface area contributed by atoms with Gasteiger partial charge >= 0.3 is 0 Å². The molecule has 0 spiro atoms. The van der Waals surface area contributed by atoms with Crippen molar-refractivity contribution in [3.8, 4) is 0 Å². The van der Waals surface area contributed by atoms with Gasteiger partial charge in [-0.1, -0.05) is 13.3 Å². The SMILES string of the molecule is CC1CCCN(CCCCC(C)(CO)NC2CC2)CC1. The lowest BCUT2D eigenvalue weighted by atomic mass is 9.95. The maximum Gasteiger partial charge on any atom is 0.0610 e. The van der Waals surface area contributed by atoms with E-state index >= 15 is 0 Å². The summed E-state index contributed by atoms with van der Waals surface area (Å²) >= 11 is 0. The van der Waals surface area contributed by atoms with Crippen LogP contribution in [0.3, 0.4) is 0 Å². The standard InChI is InChI=1S/C17H34N2O/c1-15-6-5-12-19(13-9-15)11-4-3-10-17(2,14-20)18-16-7-8-16/h15-16,18,20H,3-14H2,1-2H3. The van der Waals surface area contributed by atoms with Crippen LogP contribution in [0, 0.1) is 5.92 Å². The zero-order valence-electron chi connectivity index (χ0n) is 13.5. The fourth-order valence-electron chi connectivity index (χ4n) is 3.31. The van der Waals surface area contributed by atoms with Gasteiger partial charge in [-0.2, -0.15) is 0 Å². The zero-order valence-corrected chi connectivity index (χ0v) is 13.5. The van der Waals surface area contributed by atoms with Crippen LogP contribution in [0.4, 0.5) is 0 Å². The fourth-order valence-corrected chi connectivity index (χ4v) is 3.31. The second-order valence-corrected chi connectivity index (χ2v) is 7.47. The van der Waals surface area contributed by atoms with Gasteiger partial charge in [0.1, 0.15) is 0 Å². The Balaban J connectivity index is 1.59. The van der Waals surface area contributed by atoms with Crippen molar-refractivity contribution in [3.63, 3.8) is 0 Å². The lowest BCUT2D eigenvalue weighted by Crippen LogP contribution is -2.47. The van der Waals surface area contributed by atoms with E-state index in [4.69, 9.17) is 0 Å². The number of rotatable bonds is 8. The van der Waals surface area contributed by atoms with Gasteiger partial charge in [0.15, 0.2) is 0 Å². The Labute approximate surface area is 125 Å². The predicted octanol–water partition coefficient (Wildman–Crippen LogP) is 2.78. The number of aliphatic hydroxyl groups is 1. The molecule has 2 unspecified atom stereocenters. The molecule has 0 bridgehead atoms. The number of hydrogen-bond donors (Lipinski definition) is 2. The van der Waals surface area contributed by atoms with Gasteiger partial charge in [-0.25, -0.2) is 0 Å². The molecule has 1 saturated heterocycles. The number of likely N-dealkylation sites (tertiary alicyclic amines) is 1. The minimum atomic E-state index is -0.0472. The summed E-state index contributed by atoms with van der Waals surface area (Å²) in [6.45, 7) is 8.67. The fraction of sp³-hybridized carbons (Fsp3) is 1.00. The van der Waals surface area contributed by atoms with Gasteiger partial charge in [-0.15, -0.1) is 0 Å². The lowest BCUT2D eigenvalue weighted by Gasteiger charge is -2.29. The van der Waals surface area contributed by atoms with Crippen molar-refractivity contribution < 1.29 is 5.11 Å². The molecule has 0 aromatic carbocycles. The van der Waals surface area contributed by atoms with Crippen LogP contribution in [0.25, 0.3) is 0 Å². The van der Waals surface area contributed by atoms with E-state index in [0.717, 1.165) is 12.3 Å². The summed E-state index contributed by atoms with van der Waals surface area (Å²) in [5, 5.41) is 13.2.